The highest BCUT2D eigenvalue weighted by molar-refractivity contribution is 5.94. The lowest BCUT2D eigenvalue weighted by atomic mass is 9.90. The summed E-state index contributed by atoms with van der Waals surface area (Å²) in [5.41, 5.74) is 12.3. The standard InChI is InChI=1S/C17H23N3O2/c1-12-3-2-10-20(15(12)11-18)16(21)9-6-13-4-7-14(8-5-13)17(19)22/h4-9,12,15H,2-3,10-11,18H2,1H3,(H2,19,22)/b9-6+. The summed E-state index contributed by atoms with van der Waals surface area (Å²) >= 11 is 0. The van der Waals surface area contributed by atoms with Crippen LogP contribution in [-0.4, -0.2) is 35.8 Å². The summed E-state index contributed by atoms with van der Waals surface area (Å²) in [6.45, 7) is 3.40. The lowest BCUT2D eigenvalue weighted by Crippen LogP contribution is -2.50. The van der Waals surface area contributed by atoms with Gasteiger partial charge in [0, 0.05) is 30.8 Å². The zero-order valence-electron chi connectivity index (χ0n) is 12.9. The van der Waals surface area contributed by atoms with Crippen LogP contribution in [0.4, 0.5) is 0 Å². The lowest BCUT2D eigenvalue weighted by molar-refractivity contribution is -0.130. The van der Waals surface area contributed by atoms with Crippen LogP contribution in [0.3, 0.4) is 0 Å². The molecule has 1 aromatic carbocycles. The molecule has 0 bridgehead atoms. The molecule has 1 heterocycles. The van der Waals surface area contributed by atoms with E-state index in [2.05, 4.69) is 6.92 Å². The van der Waals surface area contributed by atoms with Crippen LogP contribution < -0.4 is 11.5 Å². The number of hydrogen-bond acceptors (Lipinski definition) is 3. The van der Waals surface area contributed by atoms with Crippen LogP contribution in [0.1, 0.15) is 35.7 Å². The van der Waals surface area contributed by atoms with Crippen LogP contribution in [0.5, 0.6) is 0 Å². The summed E-state index contributed by atoms with van der Waals surface area (Å²) in [7, 11) is 0. The first kappa shape index (κ1) is 16.2. The number of benzene rings is 1. The van der Waals surface area contributed by atoms with Crippen molar-refractivity contribution >= 4 is 17.9 Å². The Labute approximate surface area is 131 Å². The van der Waals surface area contributed by atoms with Gasteiger partial charge in [0.2, 0.25) is 11.8 Å². The van der Waals surface area contributed by atoms with Crippen LogP contribution in [-0.2, 0) is 4.79 Å². The van der Waals surface area contributed by atoms with Crippen LogP contribution in [0, 0.1) is 5.92 Å². The average Bonchev–Trinajstić information content (AvgIpc) is 2.52. The van der Waals surface area contributed by atoms with Crippen LogP contribution in [0.25, 0.3) is 6.08 Å². The topological polar surface area (TPSA) is 89.4 Å². The Morgan fingerprint density at radius 3 is 2.59 bits per heavy atom. The van der Waals surface area contributed by atoms with Gasteiger partial charge in [0.15, 0.2) is 0 Å². The van der Waals surface area contributed by atoms with E-state index in [1.54, 1.807) is 36.4 Å². The van der Waals surface area contributed by atoms with E-state index in [1.165, 1.54) is 0 Å². The molecule has 4 N–H and O–H groups in total. The van der Waals surface area contributed by atoms with Gasteiger partial charge in [0.25, 0.3) is 0 Å². The summed E-state index contributed by atoms with van der Waals surface area (Å²) in [5.74, 6) is -0.0355. The number of primary amides is 1. The van der Waals surface area contributed by atoms with Crippen molar-refractivity contribution in [1.82, 2.24) is 4.90 Å². The number of amides is 2. The van der Waals surface area contributed by atoms with E-state index < -0.39 is 5.91 Å². The molecule has 118 valence electrons. The highest BCUT2D eigenvalue weighted by Gasteiger charge is 2.29. The Balaban J connectivity index is 2.05. The number of likely N-dealkylation sites (tertiary alicyclic amines) is 1. The Kier molecular flexibility index (Phi) is 5.33. The van der Waals surface area contributed by atoms with Crippen LogP contribution >= 0.6 is 0 Å². The molecule has 2 rings (SSSR count). The fraction of sp³-hybridized carbons (Fsp3) is 0.412. The van der Waals surface area contributed by atoms with Gasteiger partial charge in [-0.25, -0.2) is 0 Å². The molecule has 2 amide bonds. The van der Waals surface area contributed by atoms with Crippen molar-refractivity contribution < 1.29 is 9.59 Å². The van der Waals surface area contributed by atoms with Gasteiger partial charge in [-0.2, -0.15) is 0 Å². The molecule has 1 aromatic rings. The maximum Gasteiger partial charge on any atom is 0.248 e. The lowest BCUT2D eigenvalue weighted by Gasteiger charge is -2.38. The van der Waals surface area contributed by atoms with Crippen molar-refractivity contribution in [3.8, 4) is 0 Å². The van der Waals surface area contributed by atoms with Crippen LogP contribution in [0.15, 0.2) is 30.3 Å². The molecular weight excluding hydrogens is 278 g/mol. The van der Waals surface area contributed by atoms with E-state index in [0.29, 0.717) is 18.0 Å². The first-order valence-corrected chi connectivity index (χ1v) is 7.61. The molecule has 5 nitrogen and oxygen atoms in total. The maximum absolute atomic E-state index is 12.4. The fourth-order valence-corrected chi connectivity index (χ4v) is 2.90. The van der Waals surface area contributed by atoms with Crippen molar-refractivity contribution in [3.63, 3.8) is 0 Å². The summed E-state index contributed by atoms with van der Waals surface area (Å²) in [6, 6.07) is 6.95. The van der Waals surface area contributed by atoms with Gasteiger partial charge >= 0.3 is 0 Å². The van der Waals surface area contributed by atoms with Gasteiger partial charge in [0.1, 0.15) is 0 Å². The minimum absolute atomic E-state index is 0.0130. The highest BCUT2D eigenvalue weighted by atomic mass is 16.2. The third-order valence-electron chi connectivity index (χ3n) is 4.25. The third-order valence-corrected chi connectivity index (χ3v) is 4.25. The van der Waals surface area contributed by atoms with E-state index >= 15 is 0 Å². The second-order valence-electron chi connectivity index (χ2n) is 5.77. The van der Waals surface area contributed by atoms with Crippen molar-refractivity contribution in [1.29, 1.82) is 0 Å². The molecule has 0 saturated carbocycles. The summed E-state index contributed by atoms with van der Waals surface area (Å²) in [5, 5.41) is 0. The molecule has 0 aliphatic carbocycles. The van der Waals surface area contributed by atoms with Crippen LogP contribution in [0.2, 0.25) is 0 Å². The molecule has 22 heavy (non-hydrogen) atoms. The van der Waals surface area contributed by atoms with E-state index in [1.807, 2.05) is 4.90 Å². The predicted octanol–water partition coefficient (Wildman–Crippen LogP) is 1.38. The van der Waals surface area contributed by atoms with E-state index in [0.717, 1.165) is 24.9 Å². The van der Waals surface area contributed by atoms with Gasteiger partial charge in [0.05, 0.1) is 0 Å². The molecule has 1 aliphatic rings. The average molecular weight is 301 g/mol. The molecule has 5 heteroatoms. The van der Waals surface area contributed by atoms with E-state index in [4.69, 9.17) is 11.5 Å². The van der Waals surface area contributed by atoms with Crippen molar-refractivity contribution in [2.75, 3.05) is 13.1 Å². The molecular formula is C17H23N3O2. The minimum atomic E-state index is -0.459. The molecule has 2 unspecified atom stereocenters. The molecule has 1 saturated heterocycles. The molecule has 2 atom stereocenters. The second kappa shape index (κ2) is 7.22. The van der Waals surface area contributed by atoms with Gasteiger partial charge in [-0.05, 0) is 42.5 Å². The Bertz CT molecular complexity index is 566. The molecule has 0 aromatic heterocycles. The fourth-order valence-electron chi connectivity index (χ4n) is 2.90. The van der Waals surface area contributed by atoms with E-state index in [-0.39, 0.29) is 11.9 Å². The summed E-state index contributed by atoms with van der Waals surface area (Å²) in [6.07, 6.45) is 5.45. The smallest absolute Gasteiger partial charge is 0.248 e. The highest BCUT2D eigenvalue weighted by Crippen LogP contribution is 2.23. The second-order valence-corrected chi connectivity index (χ2v) is 5.77. The van der Waals surface area contributed by atoms with Crippen molar-refractivity contribution in [2.45, 2.75) is 25.8 Å². The Hall–Kier alpha value is -2.14. The number of carbonyl (C=O) groups is 2. The van der Waals surface area contributed by atoms with Gasteiger partial charge in [-0.15, -0.1) is 0 Å². The zero-order valence-corrected chi connectivity index (χ0v) is 12.9. The SMILES string of the molecule is CC1CCCN(C(=O)/C=C/c2ccc(C(N)=O)cc2)C1CN. The maximum atomic E-state index is 12.4. The minimum Gasteiger partial charge on any atom is -0.366 e. The first-order valence-electron chi connectivity index (χ1n) is 7.61. The van der Waals surface area contributed by atoms with Crippen molar-refractivity contribution in [3.05, 3.63) is 41.5 Å². The van der Waals surface area contributed by atoms with Gasteiger partial charge in [-0.3, -0.25) is 9.59 Å². The number of carbonyl (C=O) groups excluding carboxylic acids is 2. The quantitative estimate of drug-likeness (QED) is 0.823. The number of nitrogens with zero attached hydrogens (tertiary/aromatic N) is 1. The summed E-state index contributed by atoms with van der Waals surface area (Å²) in [4.78, 5) is 25.3. The Morgan fingerprint density at radius 1 is 1.32 bits per heavy atom. The number of piperidine rings is 1. The number of nitrogens with two attached hydrogens (primary N) is 2. The monoisotopic (exact) mass is 301 g/mol. The molecule has 1 fully saturated rings. The predicted molar refractivity (Wildman–Crippen MR) is 86.9 cm³/mol. The Morgan fingerprint density at radius 2 is 2.00 bits per heavy atom. The molecule has 1 aliphatic heterocycles. The van der Waals surface area contributed by atoms with E-state index in [9.17, 15) is 9.59 Å². The number of hydrogen-bond donors (Lipinski definition) is 2. The molecule has 0 spiro atoms. The van der Waals surface area contributed by atoms with Gasteiger partial charge < -0.3 is 16.4 Å². The zero-order chi connectivity index (χ0) is 16.1. The summed E-state index contributed by atoms with van der Waals surface area (Å²) < 4.78 is 0. The largest absolute Gasteiger partial charge is 0.366 e. The third kappa shape index (κ3) is 3.74. The first-order chi connectivity index (χ1) is 10.5. The molecule has 0 radical (unpaired) electrons. The van der Waals surface area contributed by atoms with Crippen molar-refractivity contribution in [2.24, 2.45) is 17.4 Å². The van der Waals surface area contributed by atoms with Gasteiger partial charge in [-0.1, -0.05) is 19.1 Å². The normalized spacial score (nSPS) is 22.0. The number of rotatable bonds is 4.